The number of likely N-dealkylation sites (tertiary alicyclic amines) is 1. The van der Waals surface area contributed by atoms with Crippen molar-refractivity contribution in [3.63, 3.8) is 0 Å². The summed E-state index contributed by atoms with van der Waals surface area (Å²) in [5.74, 6) is -0.670. The van der Waals surface area contributed by atoms with Crippen molar-refractivity contribution >= 4 is 30.1 Å². The van der Waals surface area contributed by atoms with Gasteiger partial charge in [-0.05, 0) is 36.5 Å². The molecule has 0 aliphatic carbocycles. The molecule has 6 nitrogen and oxygen atoms in total. The van der Waals surface area contributed by atoms with Crippen LogP contribution in [0.5, 0.6) is 0 Å². The van der Waals surface area contributed by atoms with Crippen molar-refractivity contribution in [2.24, 2.45) is 11.1 Å². The van der Waals surface area contributed by atoms with Gasteiger partial charge >= 0.3 is 0 Å². The van der Waals surface area contributed by atoms with Gasteiger partial charge in [-0.3, -0.25) is 19.3 Å². The first-order valence-corrected chi connectivity index (χ1v) is 9.31. The van der Waals surface area contributed by atoms with Crippen LogP contribution in [0, 0.1) is 5.41 Å². The van der Waals surface area contributed by atoms with E-state index in [1.165, 1.54) is 4.90 Å². The number of hydrogen-bond acceptors (Lipinski definition) is 4. The lowest BCUT2D eigenvalue weighted by molar-refractivity contribution is 0.0532. The maximum Gasteiger partial charge on any atom is 0.261 e. The van der Waals surface area contributed by atoms with Crippen LogP contribution in [0.3, 0.4) is 0 Å². The summed E-state index contributed by atoms with van der Waals surface area (Å²) < 4.78 is 0. The van der Waals surface area contributed by atoms with Crippen LogP contribution in [0.1, 0.15) is 71.1 Å². The smallest absolute Gasteiger partial charge is 0.261 e. The van der Waals surface area contributed by atoms with Crippen molar-refractivity contribution in [2.75, 3.05) is 19.6 Å². The number of nitrogens with two attached hydrogens (primary N) is 1. The van der Waals surface area contributed by atoms with Crippen LogP contribution in [0.2, 0.25) is 0 Å². The maximum atomic E-state index is 12.9. The molecule has 1 atom stereocenters. The fraction of sp³-hybridized carbons (Fsp3) is 0.550. The molecule has 0 radical (unpaired) electrons. The van der Waals surface area contributed by atoms with Gasteiger partial charge in [-0.25, -0.2) is 0 Å². The molecule has 0 bridgehead atoms. The van der Waals surface area contributed by atoms with E-state index in [0.29, 0.717) is 36.3 Å². The number of benzene rings is 1. The predicted octanol–water partition coefficient (Wildman–Crippen LogP) is 2.70. The average molecular weight is 394 g/mol. The van der Waals surface area contributed by atoms with Gasteiger partial charge in [0.05, 0.1) is 11.1 Å². The molecule has 2 N–H and O–H groups in total. The number of amides is 3. The van der Waals surface area contributed by atoms with E-state index < -0.39 is 0 Å². The van der Waals surface area contributed by atoms with Crippen LogP contribution in [-0.2, 0) is 0 Å². The highest BCUT2D eigenvalue weighted by atomic mass is 35.5. The lowest BCUT2D eigenvalue weighted by Crippen LogP contribution is -2.54. The minimum Gasteiger partial charge on any atom is -0.338 e. The third-order valence-corrected chi connectivity index (χ3v) is 5.55. The molecule has 1 unspecified atom stereocenters. The van der Waals surface area contributed by atoms with E-state index in [9.17, 15) is 14.4 Å². The number of hydrogen-bond donors (Lipinski definition) is 1. The molecule has 0 spiro atoms. The number of fused-ring (bicyclic) bond motifs is 1. The largest absolute Gasteiger partial charge is 0.338 e. The fourth-order valence-electron chi connectivity index (χ4n) is 3.67. The zero-order valence-corrected chi connectivity index (χ0v) is 17.0. The third kappa shape index (κ3) is 3.87. The number of carbonyl (C=O) groups excluding carboxylic acids is 3. The lowest BCUT2D eigenvalue weighted by atomic mass is 9.79. The highest BCUT2D eigenvalue weighted by Gasteiger charge is 2.38. The van der Waals surface area contributed by atoms with Crippen molar-refractivity contribution in [3.8, 4) is 0 Å². The molecule has 3 amide bonds. The Hall–Kier alpha value is -1.92. The minimum atomic E-state index is -0.297. The normalized spacial score (nSPS) is 21.1. The summed E-state index contributed by atoms with van der Waals surface area (Å²) in [5.41, 5.74) is 7.19. The van der Waals surface area contributed by atoms with Crippen LogP contribution >= 0.6 is 12.4 Å². The van der Waals surface area contributed by atoms with Gasteiger partial charge < -0.3 is 10.6 Å². The quantitative estimate of drug-likeness (QED) is 0.797. The van der Waals surface area contributed by atoms with Crippen LogP contribution in [0.15, 0.2) is 18.2 Å². The van der Waals surface area contributed by atoms with E-state index in [1.54, 1.807) is 23.1 Å². The number of halogens is 1. The van der Waals surface area contributed by atoms with Crippen molar-refractivity contribution in [2.45, 2.75) is 46.1 Å². The number of carbonyl (C=O) groups is 3. The minimum absolute atomic E-state index is 0. The standard InChI is InChI=1S/C20H27N3O3.ClH/c1-4-5-9-23-18(25)14-7-6-13(11-15(14)19(23)26)17(24)22-10-8-16(21)20(2,3)12-22;/h6-7,11,16H,4-5,8-10,12,21H2,1-3H3;1H. The Morgan fingerprint density at radius 1 is 1.22 bits per heavy atom. The Kier molecular flexibility index (Phi) is 6.32. The first-order valence-electron chi connectivity index (χ1n) is 9.31. The second-order valence-electron chi connectivity index (χ2n) is 7.99. The van der Waals surface area contributed by atoms with E-state index in [1.807, 2.05) is 6.92 Å². The lowest BCUT2D eigenvalue weighted by Gasteiger charge is -2.42. The van der Waals surface area contributed by atoms with Crippen molar-refractivity contribution in [3.05, 3.63) is 34.9 Å². The molecule has 1 fully saturated rings. The monoisotopic (exact) mass is 393 g/mol. The van der Waals surface area contributed by atoms with Gasteiger partial charge in [-0.15, -0.1) is 12.4 Å². The molecule has 7 heteroatoms. The first kappa shape index (κ1) is 21.4. The maximum absolute atomic E-state index is 12.9. The summed E-state index contributed by atoms with van der Waals surface area (Å²) in [7, 11) is 0. The molecule has 0 aromatic heterocycles. The number of piperidine rings is 1. The van der Waals surface area contributed by atoms with Crippen molar-refractivity contribution in [1.29, 1.82) is 0 Å². The molecule has 2 heterocycles. The molecule has 148 valence electrons. The predicted molar refractivity (Wildman–Crippen MR) is 106 cm³/mol. The summed E-state index contributed by atoms with van der Waals surface area (Å²) in [6, 6.07) is 4.90. The van der Waals surface area contributed by atoms with Gasteiger partial charge in [0.2, 0.25) is 0 Å². The number of rotatable bonds is 4. The SMILES string of the molecule is CCCCN1C(=O)c2ccc(C(=O)N3CCC(N)C(C)(C)C3)cc2C1=O.Cl. The van der Waals surface area contributed by atoms with Crippen LogP contribution in [0.4, 0.5) is 0 Å². The van der Waals surface area contributed by atoms with Gasteiger partial charge in [-0.1, -0.05) is 27.2 Å². The Morgan fingerprint density at radius 2 is 1.89 bits per heavy atom. The Morgan fingerprint density at radius 3 is 2.52 bits per heavy atom. The van der Waals surface area contributed by atoms with Crippen molar-refractivity contribution < 1.29 is 14.4 Å². The van der Waals surface area contributed by atoms with Gasteiger partial charge in [0, 0.05) is 31.2 Å². The summed E-state index contributed by atoms with van der Waals surface area (Å²) >= 11 is 0. The second kappa shape index (κ2) is 7.98. The van der Waals surface area contributed by atoms with E-state index in [0.717, 1.165) is 19.3 Å². The van der Waals surface area contributed by atoms with Gasteiger partial charge in [0.1, 0.15) is 0 Å². The molecule has 2 aliphatic heterocycles. The highest BCUT2D eigenvalue weighted by Crippen LogP contribution is 2.30. The Bertz CT molecular complexity index is 763. The second-order valence-corrected chi connectivity index (χ2v) is 7.99. The fourth-order valence-corrected chi connectivity index (χ4v) is 3.67. The van der Waals surface area contributed by atoms with E-state index in [2.05, 4.69) is 13.8 Å². The molecular formula is C20H28ClN3O3. The summed E-state index contributed by atoms with van der Waals surface area (Å²) in [6.45, 7) is 7.75. The van der Waals surface area contributed by atoms with Gasteiger partial charge in [-0.2, -0.15) is 0 Å². The molecule has 0 saturated carbocycles. The zero-order valence-electron chi connectivity index (χ0n) is 16.2. The van der Waals surface area contributed by atoms with Crippen LogP contribution in [0.25, 0.3) is 0 Å². The van der Waals surface area contributed by atoms with Crippen molar-refractivity contribution in [1.82, 2.24) is 9.80 Å². The zero-order chi connectivity index (χ0) is 19.1. The van der Waals surface area contributed by atoms with Crippen LogP contribution in [-0.4, -0.2) is 53.2 Å². The first-order chi connectivity index (χ1) is 12.3. The average Bonchev–Trinajstić information content (AvgIpc) is 2.85. The molecule has 1 aromatic rings. The van der Waals surface area contributed by atoms with E-state index >= 15 is 0 Å². The number of imide groups is 1. The van der Waals surface area contributed by atoms with E-state index in [4.69, 9.17) is 5.73 Å². The topological polar surface area (TPSA) is 83.7 Å². The van der Waals surface area contributed by atoms with Gasteiger partial charge in [0.15, 0.2) is 0 Å². The number of unbranched alkanes of at least 4 members (excludes halogenated alkanes) is 1. The Balaban J connectivity index is 0.00000261. The Labute approximate surface area is 166 Å². The molecule has 1 saturated heterocycles. The summed E-state index contributed by atoms with van der Waals surface area (Å²) in [4.78, 5) is 41.0. The number of nitrogens with zero attached hydrogens (tertiary/aromatic N) is 2. The molecule has 1 aromatic carbocycles. The molecule has 3 rings (SSSR count). The molecular weight excluding hydrogens is 366 g/mol. The summed E-state index contributed by atoms with van der Waals surface area (Å²) in [5, 5.41) is 0. The third-order valence-electron chi connectivity index (χ3n) is 5.55. The van der Waals surface area contributed by atoms with E-state index in [-0.39, 0.29) is 41.6 Å². The molecule has 27 heavy (non-hydrogen) atoms. The van der Waals surface area contributed by atoms with Crippen LogP contribution < -0.4 is 5.73 Å². The highest BCUT2D eigenvalue weighted by molar-refractivity contribution is 6.22. The van der Waals surface area contributed by atoms with Gasteiger partial charge in [0.25, 0.3) is 17.7 Å². The summed E-state index contributed by atoms with van der Waals surface area (Å²) in [6.07, 6.45) is 2.44. The molecule has 2 aliphatic rings.